The molecule has 0 fully saturated rings. The molecule has 3 rings (SSSR count). The van der Waals surface area contributed by atoms with Gasteiger partial charge in [0.1, 0.15) is 6.61 Å². The highest BCUT2D eigenvalue weighted by Gasteiger charge is 2.27. The van der Waals surface area contributed by atoms with Crippen LogP contribution in [-0.4, -0.2) is 38.7 Å². The van der Waals surface area contributed by atoms with E-state index in [1.54, 1.807) is 7.11 Å². The average Bonchev–Trinajstić information content (AvgIpc) is 3.12. The Morgan fingerprint density at radius 1 is 1.03 bits per heavy atom. The number of aryl methyl sites for hydroxylation is 1. The molecule has 2 aromatic rings. The SMILES string of the molecule is CCNC(=O)OCC(C)(C)COc1c(-c2cccc3c2CCC3=O)ccc(C)c1OC. The maximum atomic E-state index is 12.2. The summed E-state index contributed by atoms with van der Waals surface area (Å²) in [7, 11) is 1.63. The minimum absolute atomic E-state index is 0.182. The first kappa shape index (κ1) is 22.7. The zero-order valence-electron chi connectivity index (χ0n) is 19.0. The van der Waals surface area contributed by atoms with Crippen LogP contribution in [0.3, 0.4) is 0 Å². The summed E-state index contributed by atoms with van der Waals surface area (Å²) in [6.45, 7) is 8.83. The highest BCUT2D eigenvalue weighted by Crippen LogP contribution is 2.44. The molecule has 0 atom stereocenters. The van der Waals surface area contributed by atoms with E-state index in [0.717, 1.165) is 34.2 Å². The van der Waals surface area contributed by atoms with E-state index in [0.29, 0.717) is 31.1 Å². The zero-order chi connectivity index (χ0) is 22.6. The average molecular weight is 426 g/mol. The minimum Gasteiger partial charge on any atom is -0.493 e. The summed E-state index contributed by atoms with van der Waals surface area (Å²) in [6, 6.07) is 9.85. The summed E-state index contributed by atoms with van der Waals surface area (Å²) >= 11 is 0. The van der Waals surface area contributed by atoms with Crippen LogP contribution in [0.4, 0.5) is 4.79 Å². The number of alkyl carbamates (subject to hydrolysis) is 1. The topological polar surface area (TPSA) is 73.9 Å². The molecule has 1 N–H and O–H groups in total. The molecule has 0 aliphatic heterocycles. The fraction of sp³-hybridized carbons (Fsp3) is 0.440. The number of rotatable bonds is 8. The molecule has 0 bridgehead atoms. The van der Waals surface area contributed by atoms with Crippen molar-refractivity contribution < 1.29 is 23.8 Å². The lowest BCUT2D eigenvalue weighted by Crippen LogP contribution is -2.32. The van der Waals surface area contributed by atoms with E-state index in [1.165, 1.54) is 0 Å². The summed E-state index contributed by atoms with van der Waals surface area (Å²) in [4.78, 5) is 23.9. The van der Waals surface area contributed by atoms with Gasteiger partial charge in [-0.1, -0.05) is 44.2 Å². The van der Waals surface area contributed by atoms with Gasteiger partial charge in [-0.15, -0.1) is 0 Å². The predicted octanol–water partition coefficient (Wildman–Crippen LogP) is 4.95. The van der Waals surface area contributed by atoms with Crippen LogP contribution in [-0.2, 0) is 11.2 Å². The van der Waals surface area contributed by atoms with Crippen LogP contribution >= 0.6 is 0 Å². The molecule has 1 aliphatic rings. The van der Waals surface area contributed by atoms with Gasteiger partial charge in [-0.2, -0.15) is 0 Å². The van der Waals surface area contributed by atoms with E-state index in [1.807, 2.05) is 58.0 Å². The second-order valence-electron chi connectivity index (χ2n) is 8.61. The maximum absolute atomic E-state index is 12.2. The van der Waals surface area contributed by atoms with Crippen molar-refractivity contribution in [3.63, 3.8) is 0 Å². The smallest absolute Gasteiger partial charge is 0.407 e. The van der Waals surface area contributed by atoms with Gasteiger partial charge in [0.05, 0.1) is 13.7 Å². The minimum atomic E-state index is -0.436. The Kier molecular flexibility index (Phi) is 6.88. The largest absolute Gasteiger partial charge is 0.493 e. The van der Waals surface area contributed by atoms with Crippen molar-refractivity contribution in [1.82, 2.24) is 5.32 Å². The van der Waals surface area contributed by atoms with Crippen molar-refractivity contribution in [2.45, 2.75) is 40.5 Å². The van der Waals surface area contributed by atoms with Crippen LogP contribution < -0.4 is 14.8 Å². The monoisotopic (exact) mass is 425 g/mol. The number of hydrogen-bond acceptors (Lipinski definition) is 5. The van der Waals surface area contributed by atoms with Crippen molar-refractivity contribution >= 4 is 11.9 Å². The summed E-state index contributed by atoms with van der Waals surface area (Å²) in [5, 5.41) is 2.63. The Hall–Kier alpha value is -3.02. The highest BCUT2D eigenvalue weighted by molar-refractivity contribution is 6.02. The number of ether oxygens (including phenoxy) is 3. The van der Waals surface area contributed by atoms with Crippen LogP contribution in [0.15, 0.2) is 30.3 Å². The number of ketones is 1. The first-order valence-electron chi connectivity index (χ1n) is 10.6. The van der Waals surface area contributed by atoms with Gasteiger partial charge >= 0.3 is 6.09 Å². The first-order valence-corrected chi connectivity index (χ1v) is 10.6. The molecule has 1 amide bonds. The van der Waals surface area contributed by atoms with Crippen LogP contribution in [0, 0.1) is 12.3 Å². The second kappa shape index (κ2) is 9.41. The molecule has 6 heteroatoms. The fourth-order valence-electron chi connectivity index (χ4n) is 3.78. The Morgan fingerprint density at radius 3 is 2.48 bits per heavy atom. The third-order valence-electron chi connectivity index (χ3n) is 5.40. The van der Waals surface area contributed by atoms with Crippen molar-refractivity contribution in [3.8, 4) is 22.6 Å². The number of fused-ring (bicyclic) bond motifs is 1. The summed E-state index contributed by atoms with van der Waals surface area (Å²) in [5.74, 6) is 1.49. The molecule has 0 heterocycles. The number of nitrogens with one attached hydrogen (secondary N) is 1. The Labute approximate surface area is 183 Å². The Morgan fingerprint density at radius 2 is 1.77 bits per heavy atom. The summed E-state index contributed by atoms with van der Waals surface area (Å²) in [6.07, 6.45) is 0.829. The number of Topliss-reactive ketones (excluding diaryl/α,β-unsaturated/α-hetero) is 1. The van der Waals surface area contributed by atoms with Gasteiger partial charge in [0, 0.05) is 29.5 Å². The van der Waals surface area contributed by atoms with Crippen molar-refractivity contribution in [2.75, 3.05) is 26.9 Å². The number of hydrogen-bond donors (Lipinski definition) is 1. The van der Waals surface area contributed by atoms with E-state index in [-0.39, 0.29) is 12.4 Å². The van der Waals surface area contributed by atoms with Gasteiger partial charge in [-0.25, -0.2) is 4.79 Å². The molecule has 0 saturated heterocycles. The lowest BCUT2D eigenvalue weighted by Gasteiger charge is -2.26. The molecular formula is C25H31NO5. The van der Waals surface area contributed by atoms with Crippen LogP contribution in [0.1, 0.15) is 48.7 Å². The maximum Gasteiger partial charge on any atom is 0.407 e. The van der Waals surface area contributed by atoms with E-state index in [9.17, 15) is 9.59 Å². The van der Waals surface area contributed by atoms with Gasteiger partial charge < -0.3 is 19.5 Å². The van der Waals surface area contributed by atoms with Crippen molar-refractivity contribution in [2.24, 2.45) is 5.41 Å². The Bertz CT molecular complexity index is 980. The van der Waals surface area contributed by atoms with E-state index < -0.39 is 11.5 Å². The zero-order valence-corrected chi connectivity index (χ0v) is 19.0. The van der Waals surface area contributed by atoms with Crippen molar-refractivity contribution in [3.05, 3.63) is 47.0 Å². The number of carbonyl (C=O) groups excluding carboxylic acids is 2. The molecule has 2 aromatic carbocycles. The van der Waals surface area contributed by atoms with E-state index in [4.69, 9.17) is 14.2 Å². The van der Waals surface area contributed by atoms with Gasteiger partial charge in [-0.05, 0) is 37.0 Å². The van der Waals surface area contributed by atoms with Crippen LogP contribution in [0.5, 0.6) is 11.5 Å². The third-order valence-corrected chi connectivity index (χ3v) is 5.40. The molecule has 166 valence electrons. The highest BCUT2D eigenvalue weighted by atomic mass is 16.6. The van der Waals surface area contributed by atoms with Gasteiger partial charge in [0.2, 0.25) is 0 Å². The lowest BCUT2D eigenvalue weighted by molar-refractivity contribution is 0.0681. The van der Waals surface area contributed by atoms with Gasteiger partial charge in [-0.3, -0.25) is 4.79 Å². The Balaban J connectivity index is 1.91. The number of amides is 1. The van der Waals surface area contributed by atoms with Crippen LogP contribution in [0.2, 0.25) is 0 Å². The third kappa shape index (κ3) is 5.01. The normalized spacial score (nSPS) is 13.0. The molecule has 31 heavy (non-hydrogen) atoms. The molecule has 1 aliphatic carbocycles. The number of carbonyl (C=O) groups is 2. The molecule has 0 spiro atoms. The number of benzene rings is 2. The predicted molar refractivity (Wildman–Crippen MR) is 120 cm³/mol. The second-order valence-corrected chi connectivity index (χ2v) is 8.61. The standard InChI is InChI=1S/C25H31NO5/c1-6-26-24(28)31-15-25(3,4)14-30-23-20(11-10-16(2)22(23)29-5)17-8-7-9-19-18(17)12-13-21(19)27/h7-11H,6,12-15H2,1-5H3,(H,26,28). The molecule has 0 radical (unpaired) electrons. The molecule has 0 aromatic heterocycles. The number of methoxy groups -OCH3 is 1. The van der Waals surface area contributed by atoms with E-state index >= 15 is 0 Å². The summed E-state index contributed by atoms with van der Waals surface area (Å²) in [5.41, 5.74) is 4.29. The molecular weight excluding hydrogens is 394 g/mol. The van der Waals surface area contributed by atoms with Crippen LogP contribution in [0.25, 0.3) is 11.1 Å². The van der Waals surface area contributed by atoms with Gasteiger partial charge in [0.15, 0.2) is 17.3 Å². The first-order chi connectivity index (χ1) is 14.8. The summed E-state index contributed by atoms with van der Waals surface area (Å²) < 4.78 is 17.3. The quantitative estimate of drug-likeness (QED) is 0.648. The van der Waals surface area contributed by atoms with E-state index in [2.05, 4.69) is 5.32 Å². The lowest BCUT2D eigenvalue weighted by atomic mass is 9.94. The molecule has 0 unspecified atom stereocenters. The van der Waals surface area contributed by atoms with Gasteiger partial charge in [0.25, 0.3) is 0 Å². The van der Waals surface area contributed by atoms with Crippen molar-refractivity contribution in [1.29, 1.82) is 0 Å². The fourth-order valence-corrected chi connectivity index (χ4v) is 3.78. The molecule has 6 nitrogen and oxygen atoms in total. The molecule has 0 saturated carbocycles.